The van der Waals surface area contributed by atoms with E-state index in [1.807, 2.05) is 67.6 Å². The molecule has 2 N–H and O–H groups in total. The number of nitrogens with one attached hydrogen (secondary N) is 1. The maximum atomic E-state index is 12.9. The highest BCUT2D eigenvalue weighted by Gasteiger charge is 2.37. The Hall–Kier alpha value is -3.07. The van der Waals surface area contributed by atoms with E-state index in [4.69, 9.17) is 15.9 Å². The standard InChI is InChI=1S/C27H31NO4/c1-3-20-12-14-22(15-13-20)24-19-25(32-27(31-4-2)23(24)11-8-18-29)26(30)28-17-16-21-9-6-5-7-10-21/h1,5-7,9-10,12-15,19,23-24,27,29H,4,8,11,16-18H2,2H3,(H,28,30)/t23-,24+,27+/m1/s1. The van der Waals surface area contributed by atoms with Crippen LogP contribution in [0.2, 0.25) is 0 Å². The van der Waals surface area contributed by atoms with Gasteiger partial charge in [0.25, 0.3) is 5.91 Å². The number of benzene rings is 2. The number of hydrogen-bond acceptors (Lipinski definition) is 4. The number of rotatable bonds is 10. The maximum Gasteiger partial charge on any atom is 0.286 e. The molecule has 2 aromatic carbocycles. The van der Waals surface area contributed by atoms with E-state index in [0.29, 0.717) is 26.0 Å². The third-order valence-corrected chi connectivity index (χ3v) is 5.64. The molecule has 1 amide bonds. The van der Waals surface area contributed by atoms with Crippen LogP contribution in [0.5, 0.6) is 0 Å². The van der Waals surface area contributed by atoms with Gasteiger partial charge in [-0.2, -0.15) is 0 Å². The highest BCUT2D eigenvalue weighted by Crippen LogP contribution is 2.39. The van der Waals surface area contributed by atoms with E-state index in [1.165, 1.54) is 0 Å². The summed E-state index contributed by atoms with van der Waals surface area (Å²) in [6, 6.07) is 17.8. The van der Waals surface area contributed by atoms with Gasteiger partial charge in [-0.3, -0.25) is 4.79 Å². The van der Waals surface area contributed by atoms with Crippen LogP contribution in [0.1, 0.15) is 42.4 Å². The Bertz CT molecular complexity index is 930. The van der Waals surface area contributed by atoms with Crippen LogP contribution >= 0.6 is 0 Å². The summed E-state index contributed by atoms with van der Waals surface area (Å²) in [6.45, 7) is 2.97. The number of terminal acetylenes is 1. The van der Waals surface area contributed by atoms with Gasteiger partial charge in [-0.1, -0.05) is 48.4 Å². The van der Waals surface area contributed by atoms with Crippen molar-refractivity contribution in [1.29, 1.82) is 0 Å². The molecule has 3 rings (SSSR count). The minimum Gasteiger partial charge on any atom is -0.459 e. The first-order valence-electron chi connectivity index (χ1n) is 11.2. The second kappa shape index (κ2) is 12.1. The summed E-state index contributed by atoms with van der Waals surface area (Å²) in [6.07, 6.45) is 8.89. The average Bonchev–Trinajstić information content (AvgIpc) is 2.83. The van der Waals surface area contributed by atoms with Crippen LogP contribution in [-0.4, -0.2) is 37.1 Å². The summed E-state index contributed by atoms with van der Waals surface area (Å²) >= 11 is 0. The van der Waals surface area contributed by atoms with E-state index >= 15 is 0 Å². The Kier molecular flexibility index (Phi) is 8.91. The summed E-state index contributed by atoms with van der Waals surface area (Å²) < 4.78 is 11.9. The van der Waals surface area contributed by atoms with Gasteiger partial charge in [-0.15, -0.1) is 6.42 Å². The molecule has 0 spiro atoms. The van der Waals surface area contributed by atoms with E-state index in [-0.39, 0.29) is 30.1 Å². The smallest absolute Gasteiger partial charge is 0.286 e. The largest absolute Gasteiger partial charge is 0.459 e. The average molecular weight is 434 g/mol. The normalized spacial score (nSPS) is 20.0. The van der Waals surface area contributed by atoms with Gasteiger partial charge in [-0.25, -0.2) is 0 Å². The highest BCUT2D eigenvalue weighted by molar-refractivity contribution is 5.91. The topological polar surface area (TPSA) is 67.8 Å². The van der Waals surface area contributed by atoms with E-state index in [2.05, 4.69) is 11.2 Å². The van der Waals surface area contributed by atoms with Gasteiger partial charge in [0.2, 0.25) is 6.29 Å². The van der Waals surface area contributed by atoms with Gasteiger partial charge in [0.1, 0.15) is 0 Å². The number of ether oxygens (including phenoxy) is 2. The molecule has 1 aliphatic rings. The number of amides is 1. The molecule has 0 radical (unpaired) electrons. The second-order valence-corrected chi connectivity index (χ2v) is 7.79. The quantitative estimate of drug-likeness (QED) is 0.560. The third-order valence-electron chi connectivity index (χ3n) is 5.64. The Labute approximate surface area is 190 Å². The number of hydrogen-bond donors (Lipinski definition) is 2. The van der Waals surface area contributed by atoms with Crippen LogP contribution in [0, 0.1) is 18.3 Å². The van der Waals surface area contributed by atoms with Crippen LogP contribution in [0.4, 0.5) is 0 Å². The molecule has 0 saturated carbocycles. The molecule has 5 nitrogen and oxygen atoms in total. The van der Waals surface area contributed by atoms with Crippen LogP contribution in [0.25, 0.3) is 0 Å². The zero-order valence-corrected chi connectivity index (χ0v) is 18.5. The third kappa shape index (κ3) is 6.23. The summed E-state index contributed by atoms with van der Waals surface area (Å²) in [5, 5.41) is 12.3. The van der Waals surface area contributed by atoms with Gasteiger partial charge in [0, 0.05) is 37.2 Å². The molecule has 0 aliphatic carbocycles. The Morgan fingerprint density at radius 1 is 1.19 bits per heavy atom. The van der Waals surface area contributed by atoms with Crippen molar-refractivity contribution in [2.45, 2.75) is 38.4 Å². The lowest BCUT2D eigenvalue weighted by atomic mass is 9.80. The molecule has 1 heterocycles. The Balaban J connectivity index is 1.80. The number of carbonyl (C=O) groups excluding carboxylic acids is 1. The number of aliphatic hydroxyl groups is 1. The van der Waals surface area contributed by atoms with Crippen LogP contribution in [0.15, 0.2) is 66.4 Å². The predicted molar refractivity (Wildman–Crippen MR) is 125 cm³/mol. The molecule has 0 bridgehead atoms. The lowest BCUT2D eigenvalue weighted by molar-refractivity contribution is -0.166. The van der Waals surface area contributed by atoms with Crippen molar-refractivity contribution >= 4 is 5.91 Å². The van der Waals surface area contributed by atoms with E-state index < -0.39 is 6.29 Å². The van der Waals surface area contributed by atoms with Gasteiger partial charge in [0.15, 0.2) is 5.76 Å². The Morgan fingerprint density at radius 2 is 1.94 bits per heavy atom. The zero-order valence-electron chi connectivity index (χ0n) is 18.5. The first-order chi connectivity index (χ1) is 15.7. The van der Waals surface area contributed by atoms with Crippen molar-refractivity contribution in [1.82, 2.24) is 5.32 Å². The van der Waals surface area contributed by atoms with Crippen LogP contribution < -0.4 is 5.32 Å². The van der Waals surface area contributed by atoms with Gasteiger partial charge < -0.3 is 19.9 Å². The molecule has 0 unspecified atom stereocenters. The molecular weight excluding hydrogens is 402 g/mol. The van der Waals surface area contributed by atoms with Crippen LogP contribution in [-0.2, 0) is 20.7 Å². The summed E-state index contributed by atoms with van der Waals surface area (Å²) in [5.74, 6) is 2.53. The van der Waals surface area contributed by atoms with Crippen LogP contribution in [0.3, 0.4) is 0 Å². The maximum absolute atomic E-state index is 12.9. The number of aliphatic hydroxyl groups excluding tert-OH is 1. The molecule has 0 fully saturated rings. The van der Waals surface area contributed by atoms with Crippen molar-refractivity contribution in [3.05, 3.63) is 83.1 Å². The molecule has 32 heavy (non-hydrogen) atoms. The Morgan fingerprint density at radius 3 is 2.59 bits per heavy atom. The van der Waals surface area contributed by atoms with E-state index in [9.17, 15) is 9.90 Å². The molecule has 1 aliphatic heterocycles. The fourth-order valence-corrected chi connectivity index (χ4v) is 4.00. The van der Waals surface area contributed by atoms with Crippen molar-refractivity contribution in [3.63, 3.8) is 0 Å². The molecule has 0 aromatic heterocycles. The first kappa shape index (κ1) is 23.6. The summed E-state index contributed by atoms with van der Waals surface area (Å²) in [7, 11) is 0. The highest BCUT2D eigenvalue weighted by atomic mass is 16.7. The zero-order chi connectivity index (χ0) is 22.8. The summed E-state index contributed by atoms with van der Waals surface area (Å²) in [5.41, 5.74) is 3.00. The van der Waals surface area contributed by atoms with E-state index in [0.717, 1.165) is 23.1 Å². The number of allylic oxidation sites excluding steroid dienone is 1. The van der Waals surface area contributed by atoms with Crippen molar-refractivity contribution in [2.75, 3.05) is 19.8 Å². The van der Waals surface area contributed by atoms with Crippen molar-refractivity contribution < 1.29 is 19.4 Å². The fraction of sp³-hybridized carbons (Fsp3) is 0.370. The molecule has 168 valence electrons. The molecule has 2 aromatic rings. The summed E-state index contributed by atoms with van der Waals surface area (Å²) in [4.78, 5) is 12.9. The number of carbonyl (C=O) groups is 1. The van der Waals surface area contributed by atoms with Gasteiger partial charge >= 0.3 is 0 Å². The first-order valence-corrected chi connectivity index (χ1v) is 11.2. The minimum atomic E-state index is -0.566. The molecular formula is C27H31NO4. The minimum absolute atomic E-state index is 0.0281. The molecule has 0 saturated heterocycles. The van der Waals surface area contributed by atoms with Crippen molar-refractivity contribution in [3.8, 4) is 12.3 Å². The predicted octanol–water partition coefficient (Wildman–Crippen LogP) is 3.78. The second-order valence-electron chi connectivity index (χ2n) is 7.79. The van der Waals surface area contributed by atoms with Crippen molar-refractivity contribution in [2.24, 2.45) is 5.92 Å². The SMILES string of the molecule is C#Cc1ccc([C@@H]2C=C(C(=O)NCCc3ccccc3)O[C@H](OCC)[C@@H]2CCCO)cc1. The lowest BCUT2D eigenvalue weighted by Gasteiger charge is -2.37. The molecule has 5 heteroatoms. The monoisotopic (exact) mass is 433 g/mol. The van der Waals surface area contributed by atoms with E-state index in [1.54, 1.807) is 0 Å². The van der Waals surface area contributed by atoms with Gasteiger partial charge in [-0.05, 0) is 55.5 Å². The lowest BCUT2D eigenvalue weighted by Crippen LogP contribution is -2.39. The fourth-order valence-electron chi connectivity index (χ4n) is 4.00. The van der Waals surface area contributed by atoms with Gasteiger partial charge in [0.05, 0.1) is 0 Å². The molecule has 3 atom stereocenters.